The number of amides is 1. The van der Waals surface area contributed by atoms with Crippen molar-refractivity contribution >= 4 is 21.8 Å². The first-order chi connectivity index (χ1) is 5.11. The lowest BCUT2D eigenvalue weighted by atomic mass is 10.3. The summed E-state index contributed by atoms with van der Waals surface area (Å²) in [7, 11) is 0. The van der Waals surface area contributed by atoms with Gasteiger partial charge in [0.1, 0.15) is 5.69 Å². The van der Waals surface area contributed by atoms with Gasteiger partial charge in [0.2, 0.25) is 0 Å². The van der Waals surface area contributed by atoms with Crippen LogP contribution in [0.1, 0.15) is 10.5 Å². The Kier molecular flexibility index (Phi) is 2.09. The molecule has 5 heteroatoms. The van der Waals surface area contributed by atoms with Crippen LogP contribution in [0.5, 0.6) is 0 Å². The summed E-state index contributed by atoms with van der Waals surface area (Å²) in [5.41, 5.74) is 4.66. The summed E-state index contributed by atoms with van der Waals surface area (Å²) in [5, 5.41) is 0. The van der Waals surface area contributed by atoms with Gasteiger partial charge >= 0.3 is 0 Å². The van der Waals surface area contributed by atoms with Crippen molar-refractivity contribution in [3.8, 4) is 0 Å². The maximum Gasteiger partial charge on any atom is 0.265 e. The smallest absolute Gasteiger partial charge is 0.265 e. The predicted octanol–water partition coefficient (Wildman–Crippen LogP) is 0.236. The normalized spacial score (nSPS) is 9.55. The number of carbonyl (C=O) groups is 1. The molecular weight excluding hydrogens is 212 g/mol. The van der Waals surface area contributed by atoms with E-state index in [1.54, 1.807) is 0 Å². The molecule has 0 aromatic carbocycles. The quantitative estimate of drug-likeness (QED) is 0.706. The number of nitrogens with two attached hydrogens (primary N) is 1. The van der Waals surface area contributed by atoms with Crippen LogP contribution in [0.3, 0.4) is 0 Å². The minimum atomic E-state index is -0.644. The van der Waals surface area contributed by atoms with E-state index in [1.165, 1.54) is 12.1 Å². The van der Waals surface area contributed by atoms with Crippen LogP contribution in [0, 0.1) is 0 Å². The number of nitrogens with one attached hydrogen (secondary N) is 1. The highest BCUT2D eigenvalue weighted by atomic mass is 79.9. The molecule has 1 amide bonds. The molecule has 1 aromatic rings. The molecule has 11 heavy (non-hydrogen) atoms. The molecule has 58 valence electrons. The molecule has 0 saturated carbocycles. The van der Waals surface area contributed by atoms with Crippen molar-refractivity contribution in [3.05, 3.63) is 32.7 Å². The van der Waals surface area contributed by atoms with Crippen LogP contribution in [0.4, 0.5) is 0 Å². The van der Waals surface area contributed by atoms with Gasteiger partial charge in [-0.25, -0.2) is 0 Å². The largest absolute Gasteiger partial charge is 0.364 e. The van der Waals surface area contributed by atoms with Crippen LogP contribution in [0.15, 0.2) is 21.4 Å². The summed E-state index contributed by atoms with van der Waals surface area (Å²) in [6.07, 6.45) is 0. The standard InChI is InChI=1S/C6H5BrN2O2/c7-3-1-2-4(5(8)10)9-6(3)11/h1-2H,(H2,8,10)(H,9,11). The first-order valence-corrected chi connectivity index (χ1v) is 3.59. The average Bonchev–Trinajstić information content (AvgIpc) is 1.94. The van der Waals surface area contributed by atoms with Crippen LogP contribution in [0.25, 0.3) is 0 Å². The zero-order valence-corrected chi connectivity index (χ0v) is 7.01. The predicted molar refractivity (Wildman–Crippen MR) is 43.3 cm³/mol. The van der Waals surface area contributed by atoms with Crippen molar-refractivity contribution in [2.45, 2.75) is 0 Å². The van der Waals surface area contributed by atoms with Crippen LogP contribution >= 0.6 is 15.9 Å². The van der Waals surface area contributed by atoms with E-state index in [-0.39, 0.29) is 11.3 Å². The highest BCUT2D eigenvalue weighted by molar-refractivity contribution is 9.10. The molecule has 1 aromatic heterocycles. The molecule has 0 aliphatic heterocycles. The first kappa shape index (κ1) is 8.00. The summed E-state index contributed by atoms with van der Waals surface area (Å²) in [6.45, 7) is 0. The van der Waals surface area contributed by atoms with Crippen LogP contribution in [-0.4, -0.2) is 10.9 Å². The number of primary amides is 1. The second-order valence-corrected chi connectivity index (χ2v) is 2.77. The van der Waals surface area contributed by atoms with Crippen LogP contribution < -0.4 is 11.3 Å². The second kappa shape index (κ2) is 2.87. The second-order valence-electron chi connectivity index (χ2n) is 1.91. The Morgan fingerprint density at radius 1 is 1.55 bits per heavy atom. The topological polar surface area (TPSA) is 76.0 Å². The molecule has 0 atom stereocenters. The molecule has 1 rings (SSSR count). The highest BCUT2D eigenvalue weighted by Crippen LogP contribution is 2.00. The third-order valence-corrected chi connectivity index (χ3v) is 1.75. The van der Waals surface area contributed by atoms with E-state index >= 15 is 0 Å². The maximum atomic E-state index is 10.8. The number of aromatic amines is 1. The van der Waals surface area contributed by atoms with Crippen molar-refractivity contribution in [2.75, 3.05) is 0 Å². The Labute approximate surface area is 70.5 Å². The first-order valence-electron chi connectivity index (χ1n) is 2.80. The van der Waals surface area contributed by atoms with Gasteiger partial charge in [-0.05, 0) is 28.1 Å². The summed E-state index contributed by atoms with van der Waals surface area (Å²) in [6, 6.07) is 2.91. The third kappa shape index (κ3) is 1.68. The molecule has 0 bridgehead atoms. The summed E-state index contributed by atoms with van der Waals surface area (Å²) >= 11 is 2.98. The zero-order valence-electron chi connectivity index (χ0n) is 5.43. The van der Waals surface area contributed by atoms with Gasteiger partial charge in [0.25, 0.3) is 11.5 Å². The Hall–Kier alpha value is -1.10. The van der Waals surface area contributed by atoms with Crippen LogP contribution in [0.2, 0.25) is 0 Å². The number of aromatic nitrogens is 1. The van der Waals surface area contributed by atoms with E-state index in [2.05, 4.69) is 20.9 Å². The van der Waals surface area contributed by atoms with Gasteiger partial charge in [-0.2, -0.15) is 0 Å². The highest BCUT2D eigenvalue weighted by Gasteiger charge is 2.01. The Morgan fingerprint density at radius 3 is 2.64 bits per heavy atom. The van der Waals surface area contributed by atoms with Gasteiger partial charge in [0.05, 0.1) is 4.47 Å². The minimum absolute atomic E-state index is 0.109. The fraction of sp³-hybridized carbons (Fsp3) is 0. The van der Waals surface area contributed by atoms with E-state index in [0.29, 0.717) is 4.47 Å². The summed E-state index contributed by atoms with van der Waals surface area (Å²) in [5.74, 6) is -0.644. The molecule has 3 N–H and O–H groups in total. The van der Waals surface area contributed by atoms with Crippen molar-refractivity contribution < 1.29 is 4.79 Å². The molecule has 0 fully saturated rings. The van der Waals surface area contributed by atoms with Gasteiger partial charge in [-0.1, -0.05) is 0 Å². The lowest BCUT2D eigenvalue weighted by Gasteiger charge is -1.93. The van der Waals surface area contributed by atoms with E-state index in [0.717, 1.165) is 0 Å². The number of rotatable bonds is 1. The molecule has 4 nitrogen and oxygen atoms in total. The number of H-pyrrole nitrogens is 1. The number of hydrogen-bond donors (Lipinski definition) is 2. The lowest BCUT2D eigenvalue weighted by molar-refractivity contribution is 0.0995. The van der Waals surface area contributed by atoms with Crippen molar-refractivity contribution in [2.24, 2.45) is 5.73 Å². The zero-order chi connectivity index (χ0) is 8.43. The molecule has 1 heterocycles. The van der Waals surface area contributed by atoms with Crippen LogP contribution in [-0.2, 0) is 0 Å². The van der Waals surface area contributed by atoms with Gasteiger partial charge in [0.15, 0.2) is 0 Å². The third-order valence-electron chi connectivity index (χ3n) is 1.13. The molecular formula is C6H5BrN2O2. The van der Waals surface area contributed by atoms with Crippen molar-refractivity contribution in [1.82, 2.24) is 4.98 Å². The van der Waals surface area contributed by atoms with Gasteiger partial charge in [-0.15, -0.1) is 0 Å². The number of hydrogen-bond acceptors (Lipinski definition) is 2. The fourth-order valence-electron chi connectivity index (χ4n) is 0.600. The van der Waals surface area contributed by atoms with Gasteiger partial charge < -0.3 is 10.7 Å². The van der Waals surface area contributed by atoms with E-state index < -0.39 is 5.91 Å². The number of pyridine rings is 1. The van der Waals surface area contributed by atoms with E-state index in [4.69, 9.17) is 5.73 Å². The molecule has 0 aliphatic carbocycles. The average molecular weight is 217 g/mol. The number of carbonyl (C=O) groups excluding carboxylic acids is 1. The molecule has 0 unspecified atom stereocenters. The lowest BCUT2D eigenvalue weighted by Crippen LogP contribution is -2.18. The SMILES string of the molecule is NC(=O)c1ccc(Br)c(=O)[nH]1. The monoisotopic (exact) mass is 216 g/mol. The van der Waals surface area contributed by atoms with Gasteiger partial charge in [0, 0.05) is 0 Å². The number of halogens is 1. The van der Waals surface area contributed by atoms with Crippen molar-refractivity contribution in [1.29, 1.82) is 0 Å². The maximum absolute atomic E-state index is 10.8. The van der Waals surface area contributed by atoms with E-state index in [9.17, 15) is 9.59 Å². The minimum Gasteiger partial charge on any atom is -0.364 e. The summed E-state index contributed by atoms with van der Waals surface area (Å²) < 4.78 is 0.377. The van der Waals surface area contributed by atoms with Gasteiger partial charge in [-0.3, -0.25) is 9.59 Å². The Bertz CT molecular complexity index is 345. The summed E-state index contributed by atoms with van der Waals surface area (Å²) in [4.78, 5) is 23.6. The molecule has 0 aliphatic rings. The molecule has 0 saturated heterocycles. The molecule has 0 radical (unpaired) electrons. The Morgan fingerprint density at radius 2 is 2.18 bits per heavy atom. The molecule has 0 spiro atoms. The van der Waals surface area contributed by atoms with Crippen molar-refractivity contribution in [3.63, 3.8) is 0 Å². The Balaban J connectivity index is 3.26. The fourth-order valence-corrected chi connectivity index (χ4v) is 0.831. The van der Waals surface area contributed by atoms with E-state index in [1.807, 2.05) is 0 Å².